The van der Waals surface area contributed by atoms with Gasteiger partial charge in [0, 0.05) is 18.0 Å². The van der Waals surface area contributed by atoms with Crippen molar-refractivity contribution in [1.29, 1.82) is 0 Å². The van der Waals surface area contributed by atoms with E-state index in [4.69, 9.17) is 4.74 Å². The third-order valence-corrected chi connectivity index (χ3v) is 7.91. The molecule has 156 valence electrons. The smallest absolute Gasteiger partial charge is 0.119 e. The maximum atomic E-state index is 10.7. The van der Waals surface area contributed by atoms with E-state index in [0.717, 1.165) is 25.9 Å². The van der Waals surface area contributed by atoms with E-state index >= 15 is 0 Å². The van der Waals surface area contributed by atoms with Crippen molar-refractivity contribution in [2.24, 2.45) is 5.41 Å². The molecule has 1 fully saturated rings. The normalized spacial score (nSPS) is 26.7. The lowest BCUT2D eigenvalue weighted by Crippen LogP contribution is -2.64. The second-order valence-electron chi connectivity index (χ2n) is 9.88. The standard InChI is InChI=1S/C26H35NO2/c1-18-11-12-22(28)21-15-23-25(3,4)26(5,24(18)21)13-14-27(23)16-19(2)29-17-20-9-7-6-8-10-20/h6-12,19,23,28H,13-17H2,1-5H3. The van der Waals surface area contributed by atoms with Gasteiger partial charge in [0.2, 0.25) is 0 Å². The van der Waals surface area contributed by atoms with Crippen LogP contribution in [-0.2, 0) is 23.2 Å². The van der Waals surface area contributed by atoms with Gasteiger partial charge in [0.05, 0.1) is 12.7 Å². The Morgan fingerprint density at radius 1 is 1.14 bits per heavy atom. The largest absolute Gasteiger partial charge is 0.508 e. The van der Waals surface area contributed by atoms with E-state index in [1.165, 1.54) is 22.3 Å². The van der Waals surface area contributed by atoms with Crippen LogP contribution in [0.4, 0.5) is 0 Å². The van der Waals surface area contributed by atoms with Gasteiger partial charge >= 0.3 is 0 Å². The number of rotatable bonds is 5. The molecule has 1 saturated heterocycles. The molecular formula is C26H35NO2. The van der Waals surface area contributed by atoms with Crippen molar-refractivity contribution in [3.8, 4) is 5.75 Å². The number of aryl methyl sites for hydroxylation is 1. The number of hydrogen-bond donors (Lipinski definition) is 1. The zero-order valence-electron chi connectivity index (χ0n) is 18.5. The molecule has 0 saturated carbocycles. The topological polar surface area (TPSA) is 32.7 Å². The molecule has 3 atom stereocenters. The monoisotopic (exact) mass is 393 g/mol. The van der Waals surface area contributed by atoms with Gasteiger partial charge in [0.15, 0.2) is 0 Å². The summed E-state index contributed by atoms with van der Waals surface area (Å²) in [6, 6.07) is 14.8. The van der Waals surface area contributed by atoms with Crippen LogP contribution in [0.3, 0.4) is 0 Å². The van der Waals surface area contributed by atoms with Crippen LogP contribution in [0.1, 0.15) is 56.4 Å². The van der Waals surface area contributed by atoms with Crippen molar-refractivity contribution in [3.63, 3.8) is 0 Å². The van der Waals surface area contributed by atoms with E-state index in [-0.39, 0.29) is 16.9 Å². The van der Waals surface area contributed by atoms with Gasteiger partial charge in [0.25, 0.3) is 0 Å². The second kappa shape index (κ2) is 7.45. The van der Waals surface area contributed by atoms with Crippen LogP contribution in [0, 0.1) is 12.3 Å². The van der Waals surface area contributed by atoms with Gasteiger partial charge in [-0.15, -0.1) is 0 Å². The fourth-order valence-electron chi connectivity index (χ4n) is 5.84. The Bertz CT molecular complexity index is 876. The molecule has 0 radical (unpaired) electrons. The minimum absolute atomic E-state index is 0.0821. The Kier molecular flexibility index (Phi) is 5.25. The number of ether oxygens (including phenoxy) is 1. The van der Waals surface area contributed by atoms with E-state index in [9.17, 15) is 5.11 Å². The highest BCUT2D eigenvalue weighted by Crippen LogP contribution is 2.58. The van der Waals surface area contributed by atoms with Crippen LogP contribution < -0.4 is 0 Å². The summed E-state index contributed by atoms with van der Waals surface area (Å²) in [5.41, 5.74) is 5.32. The first kappa shape index (κ1) is 20.4. The lowest BCUT2D eigenvalue weighted by molar-refractivity contribution is -0.0653. The summed E-state index contributed by atoms with van der Waals surface area (Å²) < 4.78 is 6.18. The number of fused-ring (bicyclic) bond motifs is 4. The molecule has 0 amide bonds. The quantitative estimate of drug-likeness (QED) is 0.756. The van der Waals surface area contributed by atoms with Gasteiger partial charge in [-0.05, 0) is 67.0 Å². The number of benzene rings is 2. The van der Waals surface area contributed by atoms with Gasteiger partial charge in [-0.3, -0.25) is 4.90 Å². The van der Waals surface area contributed by atoms with E-state index in [1.54, 1.807) is 0 Å². The predicted octanol–water partition coefficient (Wildman–Crippen LogP) is 5.22. The number of likely N-dealkylation sites (tertiary alicyclic amines) is 1. The molecule has 2 aromatic rings. The number of piperidine rings is 1. The van der Waals surface area contributed by atoms with Crippen molar-refractivity contribution >= 4 is 0 Å². The van der Waals surface area contributed by atoms with Gasteiger partial charge in [0.1, 0.15) is 5.75 Å². The minimum atomic E-state index is 0.0821. The van der Waals surface area contributed by atoms with Gasteiger partial charge in [-0.1, -0.05) is 57.2 Å². The van der Waals surface area contributed by atoms with Crippen LogP contribution >= 0.6 is 0 Å². The molecule has 1 heterocycles. The summed E-state index contributed by atoms with van der Waals surface area (Å²) in [5, 5.41) is 10.7. The van der Waals surface area contributed by atoms with Crippen molar-refractivity contribution in [2.45, 2.75) is 71.6 Å². The number of hydrogen-bond acceptors (Lipinski definition) is 3. The van der Waals surface area contributed by atoms with Crippen molar-refractivity contribution < 1.29 is 9.84 Å². The summed E-state index contributed by atoms with van der Waals surface area (Å²) in [5.74, 6) is 0.465. The van der Waals surface area contributed by atoms with Crippen LogP contribution in [0.5, 0.6) is 5.75 Å². The van der Waals surface area contributed by atoms with E-state index in [1.807, 2.05) is 12.1 Å². The molecule has 2 bridgehead atoms. The third kappa shape index (κ3) is 3.39. The number of phenolic OH excluding ortho intramolecular Hbond substituents is 1. The summed E-state index contributed by atoms with van der Waals surface area (Å²) in [6.07, 6.45) is 2.19. The molecular weight excluding hydrogens is 358 g/mol. The fraction of sp³-hybridized carbons (Fsp3) is 0.538. The molecule has 3 nitrogen and oxygen atoms in total. The van der Waals surface area contributed by atoms with Crippen LogP contribution in [0.2, 0.25) is 0 Å². The Labute approximate surface area is 175 Å². The second-order valence-corrected chi connectivity index (χ2v) is 9.88. The highest BCUT2D eigenvalue weighted by Gasteiger charge is 2.56. The average Bonchev–Trinajstić information content (AvgIpc) is 2.68. The molecule has 1 aliphatic carbocycles. The molecule has 2 aliphatic rings. The molecule has 1 N–H and O–H groups in total. The zero-order valence-corrected chi connectivity index (χ0v) is 18.5. The average molecular weight is 394 g/mol. The lowest BCUT2D eigenvalue weighted by Gasteiger charge is -2.61. The third-order valence-electron chi connectivity index (χ3n) is 7.91. The fourth-order valence-corrected chi connectivity index (χ4v) is 5.84. The van der Waals surface area contributed by atoms with Gasteiger partial charge in [-0.2, -0.15) is 0 Å². The van der Waals surface area contributed by atoms with Crippen molar-refractivity contribution in [1.82, 2.24) is 4.90 Å². The Morgan fingerprint density at radius 2 is 1.86 bits per heavy atom. The van der Waals surface area contributed by atoms with Gasteiger partial charge < -0.3 is 9.84 Å². The Morgan fingerprint density at radius 3 is 2.59 bits per heavy atom. The highest BCUT2D eigenvalue weighted by atomic mass is 16.5. The first-order valence-corrected chi connectivity index (χ1v) is 11.0. The first-order valence-electron chi connectivity index (χ1n) is 11.0. The molecule has 29 heavy (non-hydrogen) atoms. The molecule has 0 aromatic heterocycles. The minimum Gasteiger partial charge on any atom is -0.508 e. The first-order chi connectivity index (χ1) is 13.7. The number of phenols is 1. The number of nitrogens with zero attached hydrogens (tertiary/aromatic N) is 1. The van der Waals surface area contributed by atoms with Crippen molar-refractivity contribution in [3.05, 3.63) is 64.7 Å². The predicted molar refractivity (Wildman–Crippen MR) is 118 cm³/mol. The lowest BCUT2D eigenvalue weighted by atomic mass is 9.50. The SMILES string of the molecule is Cc1ccc(O)c2c1C1(C)CCN(CC(C)OCc3ccccc3)C(C2)C1(C)C. The summed E-state index contributed by atoms with van der Waals surface area (Å²) in [7, 11) is 0. The summed E-state index contributed by atoms with van der Waals surface area (Å²) in [6.45, 7) is 14.3. The Hall–Kier alpha value is -1.84. The van der Waals surface area contributed by atoms with Crippen LogP contribution in [0.15, 0.2) is 42.5 Å². The molecule has 3 unspecified atom stereocenters. The van der Waals surface area contributed by atoms with Crippen LogP contribution in [-0.4, -0.2) is 35.2 Å². The highest BCUT2D eigenvalue weighted by molar-refractivity contribution is 5.52. The maximum Gasteiger partial charge on any atom is 0.119 e. The van der Waals surface area contributed by atoms with E-state index < -0.39 is 0 Å². The van der Waals surface area contributed by atoms with E-state index in [2.05, 4.69) is 69.9 Å². The summed E-state index contributed by atoms with van der Waals surface area (Å²) in [4.78, 5) is 2.61. The molecule has 1 aliphatic heterocycles. The molecule has 2 aromatic carbocycles. The van der Waals surface area contributed by atoms with Gasteiger partial charge in [-0.25, -0.2) is 0 Å². The molecule has 3 heteroatoms. The number of aromatic hydroxyl groups is 1. The van der Waals surface area contributed by atoms with E-state index in [0.29, 0.717) is 18.4 Å². The van der Waals surface area contributed by atoms with Crippen LogP contribution in [0.25, 0.3) is 0 Å². The Balaban J connectivity index is 1.54. The summed E-state index contributed by atoms with van der Waals surface area (Å²) >= 11 is 0. The zero-order chi connectivity index (χ0) is 20.8. The maximum absolute atomic E-state index is 10.7. The van der Waals surface area contributed by atoms with Crippen molar-refractivity contribution in [2.75, 3.05) is 13.1 Å². The molecule has 0 spiro atoms. The molecule has 4 rings (SSSR count).